The zero-order valence-corrected chi connectivity index (χ0v) is 9.59. The van der Waals surface area contributed by atoms with Gasteiger partial charge in [0.2, 0.25) is 0 Å². The van der Waals surface area contributed by atoms with Gasteiger partial charge in [0.25, 0.3) is 0 Å². The van der Waals surface area contributed by atoms with Gasteiger partial charge in [0.15, 0.2) is 0 Å². The molecule has 0 fully saturated rings. The molecule has 0 atom stereocenters. The number of nitrogens with one attached hydrogen (secondary N) is 1. The van der Waals surface area contributed by atoms with Crippen molar-refractivity contribution in [3.63, 3.8) is 0 Å². The highest BCUT2D eigenvalue weighted by Crippen LogP contribution is 2.04. The van der Waals surface area contributed by atoms with E-state index in [4.69, 9.17) is 5.26 Å². The average Bonchev–Trinajstić information content (AvgIpc) is 2.76. The molecular formula is C12H13N5. The summed E-state index contributed by atoms with van der Waals surface area (Å²) in [7, 11) is 1.92. The van der Waals surface area contributed by atoms with Gasteiger partial charge >= 0.3 is 0 Å². The summed E-state index contributed by atoms with van der Waals surface area (Å²) in [6, 6.07) is 9.36. The molecule has 0 amide bonds. The van der Waals surface area contributed by atoms with Crippen molar-refractivity contribution in [2.75, 3.05) is 11.9 Å². The van der Waals surface area contributed by atoms with E-state index in [-0.39, 0.29) is 0 Å². The fourth-order valence-corrected chi connectivity index (χ4v) is 1.56. The fourth-order valence-electron chi connectivity index (χ4n) is 1.56. The molecule has 0 spiro atoms. The molecule has 17 heavy (non-hydrogen) atoms. The lowest BCUT2D eigenvalue weighted by Gasteiger charge is -2.05. The molecule has 5 nitrogen and oxygen atoms in total. The number of aromatic nitrogens is 3. The third kappa shape index (κ3) is 2.82. The van der Waals surface area contributed by atoms with Gasteiger partial charge in [0.05, 0.1) is 0 Å². The Morgan fingerprint density at radius 1 is 1.41 bits per heavy atom. The molecule has 0 aliphatic carbocycles. The number of hydrogen-bond donors (Lipinski definition) is 1. The molecule has 0 bridgehead atoms. The number of hydrogen-bond acceptors (Lipinski definition) is 4. The Hall–Kier alpha value is -2.35. The van der Waals surface area contributed by atoms with E-state index in [0.717, 1.165) is 24.5 Å². The molecule has 0 radical (unpaired) electrons. The molecule has 0 aliphatic heterocycles. The summed E-state index contributed by atoms with van der Waals surface area (Å²) in [5.41, 5.74) is 1.59. The number of aryl methyl sites for hydroxylation is 1. The highest BCUT2D eigenvalue weighted by molar-refractivity contribution is 5.38. The summed E-state index contributed by atoms with van der Waals surface area (Å²) in [6.45, 7) is 0.765. The molecule has 5 heteroatoms. The van der Waals surface area contributed by atoms with Crippen LogP contribution in [-0.4, -0.2) is 21.3 Å². The van der Waals surface area contributed by atoms with Gasteiger partial charge in [-0.25, -0.2) is 4.98 Å². The van der Waals surface area contributed by atoms with Gasteiger partial charge in [-0.05, 0) is 18.2 Å². The van der Waals surface area contributed by atoms with Gasteiger partial charge in [-0.2, -0.15) is 10.4 Å². The molecule has 0 aliphatic rings. The maximum absolute atomic E-state index is 8.72. The van der Waals surface area contributed by atoms with Gasteiger partial charge in [0, 0.05) is 31.9 Å². The summed E-state index contributed by atoms with van der Waals surface area (Å²) in [6.07, 6.45) is 2.65. The Morgan fingerprint density at radius 2 is 2.29 bits per heavy atom. The van der Waals surface area contributed by atoms with E-state index < -0.39 is 0 Å². The number of anilines is 1. The van der Waals surface area contributed by atoms with Gasteiger partial charge in [-0.3, -0.25) is 4.68 Å². The van der Waals surface area contributed by atoms with E-state index in [2.05, 4.69) is 15.4 Å². The van der Waals surface area contributed by atoms with E-state index >= 15 is 0 Å². The van der Waals surface area contributed by atoms with Crippen LogP contribution in [0.2, 0.25) is 0 Å². The smallest absolute Gasteiger partial charge is 0.142 e. The number of nitriles is 1. The highest BCUT2D eigenvalue weighted by atomic mass is 15.3. The zero-order chi connectivity index (χ0) is 12.1. The van der Waals surface area contributed by atoms with Crippen LogP contribution in [0.1, 0.15) is 11.4 Å². The molecule has 2 rings (SSSR count). The van der Waals surface area contributed by atoms with E-state index in [0.29, 0.717) is 5.69 Å². The largest absolute Gasteiger partial charge is 0.370 e. The maximum atomic E-state index is 8.72. The topological polar surface area (TPSA) is 66.5 Å². The number of nitrogens with zero attached hydrogens (tertiary/aromatic N) is 4. The van der Waals surface area contributed by atoms with Crippen LogP contribution in [-0.2, 0) is 13.5 Å². The quantitative estimate of drug-likeness (QED) is 0.856. The third-order valence-electron chi connectivity index (χ3n) is 2.47. The molecule has 2 aromatic heterocycles. The van der Waals surface area contributed by atoms with E-state index in [9.17, 15) is 0 Å². The Morgan fingerprint density at radius 3 is 3.00 bits per heavy atom. The summed E-state index contributed by atoms with van der Waals surface area (Å²) in [5, 5.41) is 16.0. The van der Waals surface area contributed by atoms with Crippen molar-refractivity contribution < 1.29 is 0 Å². The van der Waals surface area contributed by atoms with Crippen LogP contribution in [0, 0.1) is 11.3 Å². The maximum Gasteiger partial charge on any atom is 0.142 e. The van der Waals surface area contributed by atoms with Crippen molar-refractivity contribution in [1.82, 2.24) is 14.8 Å². The van der Waals surface area contributed by atoms with Crippen LogP contribution < -0.4 is 5.32 Å². The molecule has 0 aromatic carbocycles. The predicted octanol–water partition coefficient (Wildman–Crippen LogP) is 1.34. The Balaban J connectivity index is 1.90. The van der Waals surface area contributed by atoms with Crippen molar-refractivity contribution in [3.8, 4) is 6.07 Å². The molecule has 2 heterocycles. The highest BCUT2D eigenvalue weighted by Gasteiger charge is 1.99. The molecule has 2 aromatic rings. The Labute approximate surface area is 99.7 Å². The second-order valence-corrected chi connectivity index (χ2v) is 3.64. The summed E-state index contributed by atoms with van der Waals surface area (Å²) in [5.74, 6) is 0.728. The molecule has 0 saturated heterocycles. The Kier molecular flexibility index (Phi) is 3.36. The molecular weight excluding hydrogens is 214 g/mol. The van der Waals surface area contributed by atoms with E-state index in [1.165, 1.54) is 0 Å². The average molecular weight is 227 g/mol. The number of pyridine rings is 1. The minimum absolute atomic E-state index is 0.426. The number of rotatable bonds is 4. The molecule has 0 saturated carbocycles. The lowest BCUT2D eigenvalue weighted by molar-refractivity contribution is 0.711. The zero-order valence-electron chi connectivity index (χ0n) is 9.59. The monoisotopic (exact) mass is 227 g/mol. The normalized spacial score (nSPS) is 9.88. The third-order valence-corrected chi connectivity index (χ3v) is 2.47. The molecule has 1 N–H and O–H groups in total. The first-order valence-electron chi connectivity index (χ1n) is 5.37. The minimum atomic E-state index is 0.426. The van der Waals surface area contributed by atoms with Crippen molar-refractivity contribution in [3.05, 3.63) is 41.9 Å². The predicted molar refractivity (Wildman–Crippen MR) is 64.4 cm³/mol. The van der Waals surface area contributed by atoms with Crippen LogP contribution in [0.3, 0.4) is 0 Å². The summed E-state index contributed by atoms with van der Waals surface area (Å²) in [4.78, 5) is 4.14. The lowest BCUT2D eigenvalue weighted by Crippen LogP contribution is -2.09. The summed E-state index contributed by atoms with van der Waals surface area (Å²) >= 11 is 0. The van der Waals surface area contributed by atoms with Gasteiger partial charge in [-0.15, -0.1) is 0 Å². The second kappa shape index (κ2) is 5.12. The minimum Gasteiger partial charge on any atom is -0.370 e. The molecule has 86 valence electrons. The standard InChI is InChI=1S/C12H13N5/c1-17-11(6-8-15-17)5-7-14-12-4-2-3-10(9-13)16-12/h2-4,6,8H,5,7H2,1H3,(H,14,16). The first-order valence-corrected chi connectivity index (χ1v) is 5.37. The molecule has 0 unspecified atom stereocenters. The summed E-state index contributed by atoms with van der Waals surface area (Å²) < 4.78 is 1.85. The van der Waals surface area contributed by atoms with Crippen LogP contribution in [0.15, 0.2) is 30.5 Å². The first kappa shape index (κ1) is 11.1. The fraction of sp³-hybridized carbons (Fsp3) is 0.250. The van der Waals surface area contributed by atoms with Gasteiger partial charge < -0.3 is 5.32 Å². The van der Waals surface area contributed by atoms with Gasteiger partial charge in [-0.1, -0.05) is 6.07 Å². The Bertz CT molecular complexity index is 538. The van der Waals surface area contributed by atoms with E-state index in [1.54, 1.807) is 12.3 Å². The van der Waals surface area contributed by atoms with Crippen molar-refractivity contribution in [2.45, 2.75) is 6.42 Å². The van der Waals surface area contributed by atoms with Crippen molar-refractivity contribution in [1.29, 1.82) is 5.26 Å². The van der Waals surface area contributed by atoms with Crippen molar-refractivity contribution >= 4 is 5.82 Å². The van der Waals surface area contributed by atoms with Crippen LogP contribution in [0.4, 0.5) is 5.82 Å². The van der Waals surface area contributed by atoms with Crippen LogP contribution in [0.25, 0.3) is 0 Å². The van der Waals surface area contributed by atoms with E-state index in [1.807, 2.05) is 36.0 Å². The van der Waals surface area contributed by atoms with Gasteiger partial charge in [0.1, 0.15) is 17.6 Å². The first-order chi connectivity index (χ1) is 8.29. The van der Waals surface area contributed by atoms with Crippen LogP contribution >= 0.6 is 0 Å². The van der Waals surface area contributed by atoms with Crippen LogP contribution in [0.5, 0.6) is 0 Å². The van der Waals surface area contributed by atoms with Crippen molar-refractivity contribution in [2.24, 2.45) is 7.05 Å². The lowest BCUT2D eigenvalue weighted by atomic mass is 10.3. The second-order valence-electron chi connectivity index (χ2n) is 3.64. The SMILES string of the molecule is Cn1nccc1CCNc1cccc(C#N)n1.